The molecular weight excluding hydrogens is 384 g/mol. The normalized spacial score (nSPS) is 15.0. The van der Waals surface area contributed by atoms with Crippen LogP contribution in [-0.4, -0.2) is 18.9 Å². The molecule has 1 aliphatic rings. The maximum atomic E-state index is 13.3. The summed E-state index contributed by atoms with van der Waals surface area (Å²) in [6, 6.07) is 22.6. The maximum Gasteiger partial charge on any atom is 0.282 e. The van der Waals surface area contributed by atoms with E-state index in [1.54, 1.807) is 30.2 Å². The Morgan fingerprint density at radius 3 is 2.38 bits per heavy atom. The molecule has 0 fully saturated rings. The van der Waals surface area contributed by atoms with E-state index in [0.717, 1.165) is 28.1 Å². The molecule has 3 aromatic rings. The Bertz CT molecular complexity index is 1120. The molecule has 4 nitrogen and oxygen atoms in total. The molecule has 0 saturated heterocycles. The number of carbonyl (C=O) groups excluding carboxylic acids is 1. The Hall–Kier alpha value is -3.37. The van der Waals surface area contributed by atoms with Crippen molar-refractivity contribution in [3.63, 3.8) is 0 Å². The number of rotatable bonds is 4. The van der Waals surface area contributed by atoms with Crippen LogP contribution in [0.4, 0.5) is 5.69 Å². The van der Waals surface area contributed by atoms with E-state index in [0.29, 0.717) is 16.6 Å². The van der Waals surface area contributed by atoms with Gasteiger partial charge in [0.15, 0.2) is 0 Å². The minimum absolute atomic E-state index is 0.179. The summed E-state index contributed by atoms with van der Waals surface area (Å²) in [6.45, 7) is 2.02. The van der Waals surface area contributed by atoms with E-state index in [9.17, 15) is 4.79 Å². The molecule has 0 aromatic heterocycles. The third-order valence-electron chi connectivity index (χ3n) is 4.64. The van der Waals surface area contributed by atoms with Gasteiger partial charge in [-0.15, -0.1) is 0 Å². The largest absolute Gasteiger partial charge is 0.497 e. The molecule has 1 amide bonds. The van der Waals surface area contributed by atoms with E-state index in [-0.39, 0.29) is 5.91 Å². The van der Waals surface area contributed by atoms with Gasteiger partial charge in [-0.2, -0.15) is 0 Å². The zero-order valence-electron chi connectivity index (χ0n) is 16.1. The highest BCUT2D eigenvalue weighted by Crippen LogP contribution is 2.29. The van der Waals surface area contributed by atoms with Gasteiger partial charge in [0.1, 0.15) is 17.3 Å². The fourth-order valence-corrected chi connectivity index (χ4v) is 3.31. The summed E-state index contributed by atoms with van der Waals surface area (Å²) in [7, 11) is 1.61. The predicted molar refractivity (Wildman–Crippen MR) is 118 cm³/mol. The lowest BCUT2D eigenvalue weighted by Gasteiger charge is -2.19. The molecule has 29 heavy (non-hydrogen) atoms. The number of aryl methyl sites for hydroxylation is 1. The van der Waals surface area contributed by atoms with E-state index in [1.165, 1.54) is 0 Å². The van der Waals surface area contributed by atoms with Crippen molar-refractivity contribution in [1.29, 1.82) is 0 Å². The number of methoxy groups -OCH3 is 1. The van der Waals surface area contributed by atoms with Crippen LogP contribution in [0.25, 0.3) is 6.08 Å². The van der Waals surface area contributed by atoms with Crippen LogP contribution in [0.15, 0.2) is 83.5 Å². The van der Waals surface area contributed by atoms with Crippen LogP contribution in [0, 0.1) is 6.92 Å². The van der Waals surface area contributed by atoms with Gasteiger partial charge in [0, 0.05) is 10.6 Å². The average molecular weight is 403 g/mol. The summed E-state index contributed by atoms with van der Waals surface area (Å²) >= 11 is 5.97. The Labute approximate surface area is 174 Å². The number of carbonyl (C=O) groups is 1. The number of amides is 1. The van der Waals surface area contributed by atoms with E-state index < -0.39 is 0 Å². The molecule has 0 unspecified atom stereocenters. The van der Waals surface area contributed by atoms with Crippen molar-refractivity contribution in [1.82, 2.24) is 0 Å². The zero-order chi connectivity index (χ0) is 20.4. The first-order valence-electron chi connectivity index (χ1n) is 9.16. The number of benzene rings is 3. The molecular formula is C24H19ClN2O2. The van der Waals surface area contributed by atoms with Crippen LogP contribution in [-0.2, 0) is 4.79 Å². The minimum Gasteiger partial charge on any atom is -0.497 e. The fraction of sp³-hybridized carbons (Fsp3) is 0.0833. The minimum atomic E-state index is -0.179. The van der Waals surface area contributed by atoms with Gasteiger partial charge in [0.25, 0.3) is 5.91 Å². The van der Waals surface area contributed by atoms with E-state index >= 15 is 0 Å². The van der Waals surface area contributed by atoms with Crippen LogP contribution in [0.2, 0.25) is 5.02 Å². The van der Waals surface area contributed by atoms with Gasteiger partial charge < -0.3 is 4.74 Å². The van der Waals surface area contributed by atoms with Crippen molar-refractivity contribution < 1.29 is 9.53 Å². The molecule has 5 heteroatoms. The first kappa shape index (κ1) is 19.0. The van der Waals surface area contributed by atoms with Crippen molar-refractivity contribution in [3.05, 3.63) is 100 Å². The molecule has 0 radical (unpaired) electrons. The van der Waals surface area contributed by atoms with Gasteiger partial charge >= 0.3 is 0 Å². The van der Waals surface area contributed by atoms with E-state index in [1.807, 2.05) is 67.6 Å². The second-order valence-corrected chi connectivity index (χ2v) is 7.16. The molecule has 1 heterocycles. The second kappa shape index (κ2) is 7.94. The lowest BCUT2D eigenvalue weighted by molar-refractivity contribution is -0.113. The lowest BCUT2D eigenvalue weighted by Crippen LogP contribution is -2.32. The first-order chi connectivity index (χ1) is 14.0. The summed E-state index contributed by atoms with van der Waals surface area (Å²) in [5.74, 6) is 1.15. The molecule has 0 spiro atoms. The van der Waals surface area contributed by atoms with Crippen molar-refractivity contribution in [3.8, 4) is 5.75 Å². The van der Waals surface area contributed by atoms with Gasteiger partial charge in [0.05, 0.1) is 12.8 Å². The van der Waals surface area contributed by atoms with Crippen molar-refractivity contribution >= 4 is 35.1 Å². The summed E-state index contributed by atoms with van der Waals surface area (Å²) < 4.78 is 5.24. The number of ether oxygens (including phenoxy) is 1. The maximum absolute atomic E-state index is 13.3. The van der Waals surface area contributed by atoms with Gasteiger partial charge in [-0.1, -0.05) is 47.5 Å². The van der Waals surface area contributed by atoms with Crippen molar-refractivity contribution in [2.45, 2.75) is 6.92 Å². The van der Waals surface area contributed by atoms with E-state index in [2.05, 4.69) is 4.99 Å². The number of amidine groups is 1. The standard InChI is InChI=1S/C24H19ClN2O2/c1-16-4-3-5-18(14-16)23-26-22(15-17-6-8-19(25)9-7-17)24(28)27(23)20-10-12-21(29-2)13-11-20/h3-15H,1-2H3/b22-15+. The van der Waals surface area contributed by atoms with Crippen LogP contribution >= 0.6 is 11.6 Å². The van der Waals surface area contributed by atoms with Crippen LogP contribution in [0.1, 0.15) is 16.7 Å². The molecule has 1 aliphatic heterocycles. The number of aliphatic imine (C=N–C) groups is 1. The molecule has 0 atom stereocenters. The zero-order valence-corrected chi connectivity index (χ0v) is 16.9. The topological polar surface area (TPSA) is 41.9 Å². The Morgan fingerprint density at radius 2 is 1.72 bits per heavy atom. The monoisotopic (exact) mass is 402 g/mol. The van der Waals surface area contributed by atoms with Gasteiger partial charge in [-0.05, 0) is 61.0 Å². The van der Waals surface area contributed by atoms with Crippen molar-refractivity contribution in [2.75, 3.05) is 12.0 Å². The highest BCUT2D eigenvalue weighted by Gasteiger charge is 2.32. The SMILES string of the molecule is COc1ccc(N2C(=O)/C(=C\c3ccc(Cl)cc3)N=C2c2cccc(C)c2)cc1. The molecule has 0 bridgehead atoms. The first-order valence-corrected chi connectivity index (χ1v) is 9.54. The molecule has 0 N–H and O–H groups in total. The highest BCUT2D eigenvalue weighted by atomic mass is 35.5. The lowest BCUT2D eigenvalue weighted by atomic mass is 10.1. The quantitative estimate of drug-likeness (QED) is 0.541. The number of hydrogen-bond donors (Lipinski definition) is 0. The fourth-order valence-electron chi connectivity index (χ4n) is 3.18. The third-order valence-corrected chi connectivity index (χ3v) is 4.89. The molecule has 0 saturated carbocycles. The van der Waals surface area contributed by atoms with Gasteiger partial charge in [-0.25, -0.2) is 4.99 Å². The van der Waals surface area contributed by atoms with Crippen molar-refractivity contribution in [2.24, 2.45) is 4.99 Å². The summed E-state index contributed by atoms with van der Waals surface area (Å²) in [4.78, 5) is 19.6. The van der Waals surface area contributed by atoms with Crippen LogP contribution in [0.3, 0.4) is 0 Å². The number of nitrogens with zero attached hydrogens (tertiary/aromatic N) is 2. The van der Waals surface area contributed by atoms with Gasteiger partial charge in [-0.3, -0.25) is 9.69 Å². The van der Waals surface area contributed by atoms with E-state index in [4.69, 9.17) is 16.3 Å². The number of hydrogen-bond acceptors (Lipinski definition) is 3. The number of halogens is 1. The molecule has 3 aromatic carbocycles. The number of anilines is 1. The predicted octanol–water partition coefficient (Wildman–Crippen LogP) is 5.49. The second-order valence-electron chi connectivity index (χ2n) is 6.72. The summed E-state index contributed by atoms with van der Waals surface area (Å²) in [5, 5.41) is 0.647. The smallest absolute Gasteiger partial charge is 0.282 e. The molecule has 4 rings (SSSR count). The van der Waals surface area contributed by atoms with Crippen LogP contribution < -0.4 is 9.64 Å². The van der Waals surface area contributed by atoms with Crippen LogP contribution in [0.5, 0.6) is 5.75 Å². The average Bonchev–Trinajstić information content (AvgIpc) is 3.06. The Balaban J connectivity index is 1.80. The Morgan fingerprint density at radius 1 is 1.00 bits per heavy atom. The molecule has 144 valence electrons. The molecule has 0 aliphatic carbocycles. The summed E-state index contributed by atoms with van der Waals surface area (Å²) in [5.41, 5.74) is 3.95. The highest BCUT2D eigenvalue weighted by molar-refractivity contribution is 6.33. The summed E-state index contributed by atoms with van der Waals surface area (Å²) in [6.07, 6.45) is 1.78. The third kappa shape index (κ3) is 3.93. The Kier molecular flexibility index (Phi) is 5.19. The van der Waals surface area contributed by atoms with Gasteiger partial charge in [0.2, 0.25) is 0 Å².